The molecule has 40 heavy (non-hydrogen) atoms. The molecule has 2 atom stereocenters. The number of amides is 1. The molecular formula is C32H40N6O2. The summed E-state index contributed by atoms with van der Waals surface area (Å²) in [5.74, 6) is 0.862. The maximum atomic E-state index is 12.3. The van der Waals surface area contributed by atoms with E-state index in [-0.39, 0.29) is 12.6 Å². The van der Waals surface area contributed by atoms with Crippen LogP contribution in [0, 0.1) is 5.92 Å². The first kappa shape index (κ1) is 29.0. The van der Waals surface area contributed by atoms with E-state index < -0.39 is 6.09 Å². The summed E-state index contributed by atoms with van der Waals surface area (Å²) in [5.41, 5.74) is 5.27. The molecule has 210 valence electrons. The van der Waals surface area contributed by atoms with Gasteiger partial charge in [-0.25, -0.2) is 19.7 Å². The highest BCUT2D eigenvalue weighted by atomic mass is 16.5. The lowest BCUT2D eigenvalue weighted by Crippen LogP contribution is -2.30. The van der Waals surface area contributed by atoms with Gasteiger partial charge in [-0.15, -0.1) is 0 Å². The molecule has 8 heteroatoms. The number of aromatic nitrogens is 3. The Bertz CT molecular complexity index is 1390. The minimum atomic E-state index is -0.557. The zero-order valence-corrected chi connectivity index (χ0v) is 24.1. The molecule has 4 rings (SSSR count). The zero-order chi connectivity index (χ0) is 28.5. The van der Waals surface area contributed by atoms with Crippen molar-refractivity contribution >= 4 is 28.8 Å². The number of nitrogens with zero attached hydrogens (tertiary/aromatic N) is 4. The number of rotatable bonds is 12. The van der Waals surface area contributed by atoms with Crippen LogP contribution >= 0.6 is 0 Å². The molecule has 2 aromatic heterocycles. The van der Waals surface area contributed by atoms with Crippen molar-refractivity contribution in [1.29, 1.82) is 0 Å². The fourth-order valence-electron chi connectivity index (χ4n) is 5.00. The Morgan fingerprint density at radius 1 is 0.875 bits per heavy atom. The van der Waals surface area contributed by atoms with Gasteiger partial charge in [-0.3, -0.25) is 5.32 Å². The standard InChI is InChI=1S/C32H40N6O2/c1-6-38(7-2)21-22(4)19-23(5)33-26-20-27(35-32(39)40-8-3)34-31-30(26)36-28(24-15-11-9-12-16-24)29(37-31)25-17-13-10-14-18-25/h9-18,20,22-23H,6-8,19,21H2,1-5H3,(H2,33,34,35,37,39). The topological polar surface area (TPSA) is 92.3 Å². The first-order valence-electron chi connectivity index (χ1n) is 14.2. The quantitative estimate of drug-likeness (QED) is 0.198. The van der Waals surface area contributed by atoms with E-state index in [0.717, 1.165) is 54.3 Å². The normalized spacial score (nSPS) is 12.8. The molecule has 2 heterocycles. The Hall–Kier alpha value is -4.04. The second kappa shape index (κ2) is 13.8. The number of carbonyl (C=O) groups is 1. The maximum Gasteiger partial charge on any atom is 0.412 e. The third kappa shape index (κ3) is 7.33. The molecule has 0 aliphatic heterocycles. The van der Waals surface area contributed by atoms with E-state index >= 15 is 0 Å². The summed E-state index contributed by atoms with van der Waals surface area (Å²) in [4.78, 5) is 29.6. The molecule has 0 saturated heterocycles. The zero-order valence-electron chi connectivity index (χ0n) is 24.1. The van der Waals surface area contributed by atoms with Crippen molar-refractivity contribution < 1.29 is 9.53 Å². The number of hydrogen-bond donors (Lipinski definition) is 2. The predicted octanol–water partition coefficient (Wildman–Crippen LogP) is 7.10. The van der Waals surface area contributed by atoms with Crippen LogP contribution in [0.2, 0.25) is 0 Å². The second-order valence-electron chi connectivity index (χ2n) is 10.1. The van der Waals surface area contributed by atoms with E-state index in [1.807, 2.05) is 66.7 Å². The van der Waals surface area contributed by atoms with Gasteiger partial charge in [0.05, 0.1) is 23.7 Å². The van der Waals surface area contributed by atoms with Gasteiger partial charge in [-0.2, -0.15) is 0 Å². The highest BCUT2D eigenvalue weighted by Gasteiger charge is 2.19. The molecule has 0 aliphatic rings. The van der Waals surface area contributed by atoms with Crippen LogP contribution in [0.25, 0.3) is 33.7 Å². The number of ether oxygens (including phenoxy) is 1. The Kier molecular flexibility index (Phi) is 10.0. The predicted molar refractivity (Wildman–Crippen MR) is 164 cm³/mol. The van der Waals surface area contributed by atoms with Gasteiger partial charge >= 0.3 is 6.09 Å². The van der Waals surface area contributed by atoms with E-state index in [0.29, 0.717) is 22.9 Å². The SMILES string of the molecule is CCOC(=O)Nc1cc(NC(C)CC(C)CN(CC)CC)c2nc(-c3ccccc3)c(-c3ccccc3)nc2n1. The third-order valence-electron chi connectivity index (χ3n) is 6.86. The molecule has 4 aromatic rings. The molecule has 0 fully saturated rings. The minimum Gasteiger partial charge on any atom is -0.450 e. The van der Waals surface area contributed by atoms with E-state index in [4.69, 9.17) is 14.7 Å². The molecule has 2 unspecified atom stereocenters. The van der Waals surface area contributed by atoms with Gasteiger partial charge in [0.2, 0.25) is 0 Å². The fourth-order valence-corrected chi connectivity index (χ4v) is 5.00. The van der Waals surface area contributed by atoms with Crippen molar-refractivity contribution in [3.05, 3.63) is 66.7 Å². The van der Waals surface area contributed by atoms with E-state index in [1.54, 1.807) is 6.92 Å². The van der Waals surface area contributed by atoms with Crippen molar-refractivity contribution in [2.45, 2.75) is 47.1 Å². The molecular weight excluding hydrogens is 500 g/mol. The number of pyridine rings is 1. The number of benzene rings is 2. The number of nitrogens with one attached hydrogen (secondary N) is 2. The van der Waals surface area contributed by atoms with Crippen LogP contribution in [0.15, 0.2) is 66.7 Å². The highest BCUT2D eigenvalue weighted by molar-refractivity contribution is 5.94. The van der Waals surface area contributed by atoms with Gasteiger partial charge in [0, 0.05) is 29.8 Å². The lowest BCUT2D eigenvalue weighted by atomic mass is 10.0. The molecule has 0 bridgehead atoms. The average molecular weight is 541 g/mol. The van der Waals surface area contributed by atoms with Gasteiger partial charge in [-0.05, 0) is 39.3 Å². The molecule has 2 aromatic carbocycles. The average Bonchev–Trinajstić information content (AvgIpc) is 2.96. The summed E-state index contributed by atoms with van der Waals surface area (Å²) in [6.45, 7) is 14.0. The van der Waals surface area contributed by atoms with Gasteiger partial charge < -0.3 is 15.0 Å². The van der Waals surface area contributed by atoms with Crippen LogP contribution in [0.1, 0.15) is 41.0 Å². The van der Waals surface area contributed by atoms with Crippen LogP contribution < -0.4 is 10.6 Å². The largest absolute Gasteiger partial charge is 0.450 e. The van der Waals surface area contributed by atoms with E-state index in [9.17, 15) is 4.79 Å². The van der Waals surface area contributed by atoms with Crippen molar-refractivity contribution in [1.82, 2.24) is 19.9 Å². The Balaban J connectivity index is 1.79. The summed E-state index contributed by atoms with van der Waals surface area (Å²) in [5, 5.41) is 6.41. The van der Waals surface area contributed by atoms with E-state index in [1.165, 1.54) is 0 Å². The molecule has 1 amide bonds. The molecule has 0 aliphatic carbocycles. The molecule has 0 spiro atoms. The van der Waals surface area contributed by atoms with Crippen LogP contribution in [0.3, 0.4) is 0 Å². The van der Waals surface area contributed by atoms with Crippen LogP contribution in [-0.4, -0.2) is 58.2 Å². The summed E-state index contributed by atoms with van der Waals surface area (Å²) < 4.78 is 5.11. The lowest BCUT2D eigenvalue weighted by Gasteiger charge is -2.26. The summed E-state index contributed by atoms with van der Waals surface area (Å²) >= 11 is 0. The van der Waals surface area contributed by atoms with Crippen molar-refractivity contribution in [2.24, 2.45) is 5.92 Å². The maximum absolute atomic E-state index is 12.3. The molecule has 0 radical (unpaired) electrons. The highest BCUT2D eigenvalue weighted by Crippen LogP contribution is 2.33. The van der Waals surface area contributed by atoms with Gasteiger partial charge in [-0.1, -0.05) is 81.4 Å². The first-order chi connectivity index (χ1) is 19.4. The van der Waals surface area contributed by atoms with Crippen molar-refractivity contribution in [3.63, 3.8) is 0 Å². The Labute approximate surface area is 237 Å². The first-order valence-corrected chi connectivity index (χ1v) is 14.2. The smallest absolute Gasteiger partial charge is 0.412 e. The molecule has 8 nitrogen and oxygen atoms in total. The van der Waals surface area contributed by atoms with Crippen LogP contribution in [0.4, 0.5) is 16.3 Å². The van der Waals surface area contributed by atoms with Gasteiger partial charge in [0.25, 0.3) is 0 Å². The van der Waals surface area contributed by atoms with Crippen molar-refractivity contribution in [3.8, 4) is 22.5 Å². The monoisotopic (exact) mass is 540 g/mol. The van der Waals surface area contributed by atoms with Crippen molar-refractivity contribution in [2.75, 3.05) is 36.9 Å². The third-order valence-corrected chi connectivity index (χ3v) is 6.86. The summed E-state index contributed by atoms with van der Waals surface area (Å²) in [6.07, 6.45) is 0.417. The summed E-state index contributed by atoms with van der Waals surface area (Å²) in [7, 11) is 0. The Morgan fingerprint density at radius 2 is 1.48 bits per heavy atom. The molecule has 2 N–H and O–H groups in total. The lowest BCUT2D eigenvalue weighted by molar-refractivity contribution is 0.168. The van der Waals surface area contributed by atoms with Gasteiger partial charge in [0.1, 0.15) is 11.3 Å². The van der Waals surface area contributed by atoms with Crippen LogP contribution in [0.5, 0.6) is 0 Å². The number of fused-ring (bicyclic) bond motifs is 1. The number of anilines is 2. The minimum absolute atomic E-state index is 0.155. The van der Waals surface area contributed by atoms with Crippen LogP contribution in [-0.2, 0) is 4.74 Å². The molecule has 0 saturated carbocycles. The number of carbonyl (C=O) groups excluding carboxylic acids is 1. The summed E-state index contributed by atoms with van der Waals surface area (Å²) in [6, 6.07) is 22.0. The fraction of sp³-hybridized carbons (Fsp3) is 0.375. The van der Waals surface area contributed by atoms with Gasteiger partial charge in [0.15, 0.2) is 5.65 Å². The second-order valence-corrected chi connectivity index (χ2v) is 10.1. The Morgan fingerprint density at radius 3 is 2.05 bits per heavy atom. The van der Waals surface area contributed by atoms with E-state index in [2.05, 4.69) is 48.2 Å². The number of hydrogen-bond acceptors (Lipinski definition) is 7.